The van der Waals surface area contributed by atoms with Crippen molar-refractivity contribution < 1.29 is 0 Å². The van der Waals surface area contributed by atoms with Gasteiger partial charge in [0.1, 0.15) is 0 Å². The third-order valence-electron chi connectivity index (χ3n) is 4.35. The molecule has 0 radical (unpaired) electrons. The standard InChI is InChI=1S/C17H36N2/c1-14(2)11-19(6)13-17(12-18-15(3)4)9-7-8-16(5)10-17/h14-16,18H,7-13H2,1-6H3. The average molecular weight is 268 g/mol. The van der Waals surface area contributed by atoms with Crippen molar-refractivity contribution in [3.63, 3.8) is 0 Å². The largest absolute Gasteiger partial charge is 0.314 e. The minimum absolute atomic E-state index is 0.506. The van der Waals surface area contributed by atoms with Crippen LogP contribution in [-0.4, -0.2) is 37.6 Å². The van der Waals surface area contributed by atoms with Crippen LogP contribution >= 0.6 is 0 Å². The molecule has 19 heavy (non-hydrogen) atoms. The van der Waals surface area contributed by atoms with Crippen LogP contribution in [0.4, 0.5) is 0 Å². The van der Waals surface area contributed by atoms with Crippen molar-refractivity contribution in [2.24, 2.45) is 17.3 Å². The maximum absolute atomic E-state index is 3.71. The van der Waals surface area contributed by atoms with Gasteiger partial charge in [-0.05, 0) is 37.1 Å². The molecule has 1 aliphatic carbocycles. The number of nitrogens with zero attached hydrogens (tertiary/aromatic N) is 1. The number of hydrogen-bond acceptors (Lipinski definition) is 2. The van der Waals surface area contributed by atoms with E-state index in [1.165, 1.54) is 45.3 Å². The van der Waals surface area contributed by atoms with Gasteiger partial charge in [0, 0.05) is 25.7 Å². The first-order valence-electron chi connectivity index (χ1n) is 8.25. The molecule has 0 aromatic heterocycles. The first-order chi connectivity index (χ1) is 8.83. The number of rotatable bonds is 7. The second-order valence-electron chi connectivity index (χ2n) is 7.83. The molecule has 2 nitrogen and oxygen atoms in total. The lowest BCUT2D eigenvalue weighted by Crippen LogP contribution is -2.47. The fourth-order valence-corrected chi connectivity index (χ4v) is 3.81. The van der Waals surface area contributed by atoms with E-state index in [2.05, 4.69) is 51.9 Å². The minimum atomic E-state index is 0.506. The Balaban J connectivity index is 2.62. The molecule has 1 N–H and O–H groups in total. The summed E-state index contributed by atoms with van der Waals surface area (Å²) in [6.07, 6.45) is 5.64. The Morgan fingerprint density at radius 3 is 2.47 bits per heavy atom. The molecule has 0 spiro atoms. The minimum Gasteiger partial charge on any atom is -0.314 e. The smallest absolute Gasteiger partial charge is 0.00473 e. The summed E-state index contributed by atoms with van der Waals surface area (Å²) >= 11 is 0. The van der Waals surface area contributed by atoms with Gasteiger partial charge in [-0.2, -0.15) is 0 Å². The van der Waals surface area contributed by atoms with Crippen LogP contribution in [0, 0.1) is 17.3 Å². The van der Waals surface area contributed by atoms with Crippen molar-refractivity contribution in [1.82, 2.24) is 10.2 Å². The molecule has 1 rings (SSSR count). The normalized spacial score (nSPS) is 28.6. The summed E-state index contributed by atoms with van der Waals surface area (Å²) in [5.41, 5.74) is 0.506. The molecule has 2 unspecified atom stereocenters. The van der Waals surface area contributed by atoms with Gasteiger partial charge in [-0.3, -0.25) is 0 Å². The summed E-state index contributed by atoms with van der Waals surface area (Å²) in [6, 6.07) is 0.601. The van der Waals surface area contributed by atoms with Crippen molar-refractivity contribution in [3.8, 4) is 0 Å². The Labute approximate surface area is 121 Å². The van der Waals surface area contributed by atoms with E-state index < -0.39 is 0 Å². The highest BCUT2D eigenvalue weighted by Crippen LogP contribution is 2.39. The first-order valence-corrected chi connectivity index (χ1v) is 8.25. The Kier molecular flexibility index (Phi) is 6.82. The van der Waals surface area contributed by atoms with Crippen LogP contribution in [0.2, 0.25) is 0 Å². The maximum atomic E-state index is 3.71. The van der Waals surface area contributed by atoms with Crippen LogP contribution < -0.4 is 5.32 Å². The second-order valence-corrected chi connectivity index (χ2v) is 7.83. The number of hydrogen-bond donors (Lipinski definition) is 1. The van der Waals surface area contributed by atoms with E-state index in [1.807, 2.05) is 0 Å². The van der Waals surface area contributed by atoms with E-state index in [9.17, 15) is 0 Å². The third-order valence-corrected chi connectivity index (χ3v) is 4.35. The molecule has 1 saturated carbocycles. The molecular formula is C17H36N2. The monoisotopic (exact) mass is 268 g/mol. The SMILES string of the molecule is CC(C)CN(C)CC1(CNC(C)C)CCCC(C)C1. The number of nitrogens with one attached hydrogen (secondary N) is 1. The van der Waals surface area contributed by atoms with Gasteiger partial charge < -0.3 is 10.2 Å². The molecule has 0 aromatic rings. The molecule has 0 saturated heterocycles. The average Bonchev–Trinajstić information content (AvgIpc) is 2.25. The molecule has 1 fully saturated rings. The van der Waals surface area contributed by atoms with E-state index in [1.54, 1.807) is 0 Å². The predicted octanol–water partition coefficient (Wildman–Crippen LogP) is 3.77. The highest BCUT2D eigenvalue weighted by Gasteiger charge is 2.35. The fourth-order valence-electron chi connectivity index (χ4n) is 3.81. The van der Waals surface area contributed by atoms with Gasteiger partial charge in [0.2, 0.25) is 0 Å². The Morgan fingerprint density at radius 1 is 1.26 bits per heavy atom. The van der Waals surface area contributed by atoms with Gasteiger partial charge >= 0.3 is 0 Å². The molecule has 1 aliphatic rings. The summed E-state index contributed by atoms with van der Waals surface area (Å²) in [5.74, 6) is 1.66. The van der Waals surface area contributed by atoms with Crippen molar-refractivity contribution in [2.45, 2.75) is 66.3 Å². The second kappa shape index (κ2) is 7.64. The first kappa shape index (κ1) is 17.0. The topological polar surface area (TPSA) is 15.3 Å². The molecule has 0 amide bonds. The van der Waals surface area contributed by atoms with Crippen molar-refractivity contribution in [2.75, 3.05) is 26.7 Å². The molecule has 114 valence electrons. The molecule has 0 aromatic carbocycles. The lowest BCUT2D eigenvalue weighted by Gasteiger charge is -2.43. The van der Waals surface area contributed by atoms with E-state index in [4.69, 9.17) is 0 Å². The van der Waals surface area contributed by atoms with Crippen LogP contribution in [0.25, 0.3) is 0 Å². The summed E-state index contributed by atoms with van der Waals surface area (Å²) in [6.45, 7) is 15.3. The molecular weight excluding hydrogens is 232 g/mol. The van der Waals surface area contributed by atoms with Gasteiger partial charge in [-0.15, -0.1) is 0 Å². The van der Waals surface area contributed by atoms with Gasteiger partial charge in [0.05, 0.1) is 0 Å². The Hall–Kier alpha value is -0.0800. The third kappa shape index (κ3) is 6.27. The van der Waals surface area contributed by atoms with E-state index >= 15 is 0 Å². The Bertz CT molecular complexity index is 250. The highest BCUT2D eigenvalue weighted by atomic mass is 15.1. The van der Waals surface area contributed by atoms with Gasteiger partial charge in [-0.1, -0.05) is 47.5 Å². The van der Waals surface area contributed by atoms with Crippen LogP contribution in [0.15, 0.2) is 0 Å². The maximum Gasteiger partial charge on any atom is 0.00473 e. The summed E-state index contributed by atoms with van der Waals surface area (Å²) in [5, 5.41) is 3.71. The summed E-state index contributed by atoms with van der Waals surface area (Å²) in [4.78, 5) is 2.56. The quantitative estimate of drug-likeness (QED) is 0.756. The van der Waals surface area contributed by atoms with Gasteiger partial charge in [-0.25, -0.2) is 0 Å². The Morgan fingerprint density at radius 2 is 1.95 bits per heavy atom. The zero-order valence-electron chi connectivity index (χ0n) is 14.1. The van der Waals surface area contributed by atoms with Crippen molar-refractivity contribution in [1.29, 1.82) is 0 Å². The van der Waals surface area contributed by atoms with Crippen LogP contribution in [-0.2, 0) is 0 Å². The van der Waals surface area contributed by atoms with E-state index in [0.29, 0.717) is 11.5 Å². The van der Waals surface area contributed by atoms with Crippen molar-refractivity contribution >= 4 is 0 Å². The lowest BCUT2D eigenvalue weighted by atomic mass is 9.69. The zero-order chi connectivity index (χ0) is 14.5. The molecule has 0 heterocycles. The molecule has 2 heteroatoms. The van der Waals surface area contributed by atoms with Crippen LogP contribution in [0.1, 0.15) is 60.3 Å². The van der Waals surface area contributed by atoms with Crippen LogP contribution in [0.3, 0.4) is 0 Å². The molecule has 2 atom stereocenters. The van der Waals surface area contributed by atoms with E-state index in [0.717, 1.165) is 11.8 Å². The summed E-state index contributed by atoms with van der Waals surface area (Å²) in [7, 11) is 2.30. The van der Waals surface area contributed by atoms with Gasteiger partial charge in [0.15, 0.2) is 0 Å². The lowest BCUT2D eigenvalue weighted by molar-refractivity contribution is 0.0850. The zero-order valence-corrected chi connectivity index (χ0v) is 14.1. The molecule has 0 bridgehead atoms. The van der Waals surface area contributed by atoms with Crippen LogP contribution in [0.5, 0.6) is 0 Å². The van der Waals surface area contributed by atoms with Crippen molar-refractivity contribution in [3.05, 3.63) is 0 Å². The van der Waals surface area contributed by atoms with Gasteiger partial charge in [0.25, 0.3) is 0 Å². The highest BCUT2D eigenvalue weighted by molar-refractivity contribution is 4.90. The molecule has 0 aliphatic heterocycles. The summed E-state index contributed by atoms with van der Waals surface area (Å²) < 4.78 is 0. The van der Waals surface area contributed by atoms with E-state index in [-0.39, 0.29) is 0 Å². The fraction of sp³-hybridized carbons (Fsp3) is 1.00. The predicted molar refractivity (Wildman–Crippen MR) is 85.5 cm³/mol.